The molecule has 0 spiro atoms. The molecule has 11 nitrogen and oxygen atoms in total. The van der Waals surface area contributed by atoms with Crippen molar-refractivity contribution in [2.75, 3.05) is 25.7 Å². The number of aliphatic hydroxyl groups excluding tert-OH is 3. The molecule has 1 aromatic heterocycles. The van der Waals surface area contributed by atoms with Crippen molar-refractivity contribution in [1.29, 1.82) is 0 Å². The van der Waals surface area contributed by atoms with Gasteiger partial charge in [0.05, 0.1) is 32.1 Å². The Balaban J connectivity index is 1.53. The highest BCUT2D eigenvalue weighted by Crippen LogP contribution is 2.38. The SMILES string of the molecule is COc1cc(-c2cn([C@H]3[C@@H](O)[C@@H](CO)O[C@@H](C(=O)N(c4cc(Cl)cc(Cl)c4)[C@@H]4CC[C@H]4O)[C@@H]3OC)nn2)cc(F)c1F. The molecular weight excluding hydrogens is 601 g/mol. The molecule has 1 saturated heterocycles. The van der Waals surface area contributed by atoms with Crippen LogP contribution in [0.4, 0.5) is 14.5 Å². The van der Waals surface area contributed by atoms with E-state index in [9.17, 15) is 28.9 Å². The minimum absolute atomic E-state index is 0.108. The minimum atomic E-state index is -1.43. The normalized spacial score (nSPS) is 27.4. The molecule has 5 rings (SSSR count). The average Bonchev–Trinajstić information content (AvgIpc) is 3.44. The highest BCUT2D eigenvalue weighted by atomic mass is 35.5. The number of aromatic nitrogens is 3. The number of carbonyl (C=O) groups is 1. The van der Waals surface area contributed by atoms with E-state index in [0.29, 0.717) is 18.5 Å². The topological polar surface area (TPSA) is 139 Å². The van der Waals surface area contributed by atoms with Gasteiger partial charge in [0.1, 0.15) is 30.0 Å². The number of anilines is 1. The van der Waals surface area contributed by atoms with Gasteiger partial charge in [-0.25, -0.2) is 9.07 Å². The van der Waals surface area contributed by atoms with Gasteiger partial charge in [-0.05, 0) is 43.2 Å². The molecule has 2 fully saturated rings. The van der Waals surface area contributed by atoms with Gasteiger partial charge in [-0.1, -0.05) is 28.4 Å². The maximum absolute atomic E-state index is 14.2. The summed E-state index contributed by atoms with van der Waals surface area (Å²) in [4.78, 5) is 15.5. The third-order valence-electron chi connectivity index (χ3n) is 7.61. The summed E-state index contributed by atoms with van der Waals surface area (Å²) in [5.41, 5.74) is 0.567. The first-order valence-electron chi connectivity index (χ1n) is 13.0. The molecule has 1 amide bonds. The number of aliphatic hydroxyl groups is 3. The fourth-order valence-electron chi connectivity index (χ4n) is 5.34. The number of ether oxygens (including phenoxy) is 3. The highest BCUT2D eigenvalue weighted by Gasteiger charge is 2.52. The number of hydrogen-bond acceptors (Lipinski definition) is 9. The number of methoxy groups -OCH3 is 2. The Bertz CT molecular complexity index is 1440. The van der Waals surface area contributed by atoms with Crippen molar-refractivity contribution < 1.29 is 43.1 Å². The fourth-order valence-corrected chi connectivity index (χ4v) is 5.85. The molecular formula is C27H28Cl2F2N4O7. The van der Waals surface area contributed by atoms with Crippen molar-refractivity contribution in [2.24, 2.45) is 0 Å². The fraction of sp³-hybridized carbons (Fsp3) is 0.444. The van der Waals surface area contributed by atoms with Crippen LogP contribution in [0.3, 0.4) is 0 Å². The van der Waals surface area contributed by atoms with Crippen LogP contribution in [0, 0.1) is 11.6 Å². The summed E-state index contributed by atoms with van der Waals surface area (Å²) in [6, 6.07) is 4.96. The number of halogens is 4. The standard InChI is InChI=1S/C27H28Cl2F2N4O7/c1-40-20-6-12(5-16(30)22(20)31)17-10-34(33-32-17)23-24(38)21(11-36)42-26(25(23)41-2)27(39)35(18-3-4-19(18)37)15-8-13(28)7-14(29)9-15/h5-10,18-19,21,23-26,36-38H,3-4,11H2,1-2H3/t18-,19-,21-,23+,24+,25-,26-/m1/s1. The van der Waals surface area contributed by atoms with Crippen LogP contribution in [-0.4, -0.2) is 93.6 Å². The zero-order chi connectivity index (χ0) is 30.3. The van der Waals surface area contributed by atoms with Gasteiger partial charge in [0.2, 0.25) is 5.82 Å². The van der Waals surface area contributed by atoms with E-state index in [1.165, 1.54) is 54.3 Å². The lowest BCUT2D eigenvalue weighted by Crippen LogP contribution is -2.64. The minimum Gasteiger partial charge on any atom is -0.494 e. The first-order valence-corrected chi connectivity index (χ1v) is 13.7. The Labute approximate surface area is 249 Å². The van der Waals surface area contributed by atoms with Crippen molar-refractivity contribution in [2.45, 2.75) is 55.4 Å². The van der Waals surface area contributed by atoms with Gasteiger partial charge < -0.3 is 34.4 Å². The third kappa shape index (κ3) is 5.57. The van der Waals surface area contributed by atoms with Crippen molar-refractivity contribution >= 4 is 34.8 Å². The molecule has 3 aromatic rings. The molecule has 2 aliphatic rings. The van der Waals surface area contributed by atoms with Gasteiger partial charge in [-0.2, -0.15) is 4.39 Å². The van der Waals surface area contributed by atoms with Crippen LogP contribution in [0.15, 0.2) is 36.5 Å². The van der Waals surface area contributed by atoms with Gasteiger partial charge in [0.25, 0.3) is 5.91 Å². The largest absolute Gasteiger partial charge is 0.494 e. The van der Waals surface area contributed by atoms with Crippen molar-refractivity contribution in [3.05, 3.63) is 58.2 Å². The summed E-state index contributed by atoms with van der Waals surface area (Å²) in [7, 11) is 2.50. The van der Waals surface area contributed by atoms with Crippen molar-refractivity contribution in [3.63, 3.8) is 0 Å². The van der Waals surface area contributed by atoms with Crippen molar-refractivity contribution in [1.82, 2.24) is 15.0 Å². The van der Waals surface area contributed by atoms with E-state index >= 15 is 0 Å². The third-order valence-corrected chi connectivity index (χ3v) is 8.04. The summed E-state index contributed by atoms with van der Waals surface area (Å²) >= 11 is 12.4. The summed E-state index contributed by atoms with van der Waals surface area (Å²) in [6.45, 7) is -0.658. The zero-order valence-corrected chi connectivity index (χ0v) is 23.9. The van der Waals surface area contributed by atoms with Crippen LogP contribution in [0.2, 0.25) is 10.0 Å². The molecule has 42 heavy (non-hydrogen) atoms. The molecule has 1 aliphatic heterocycles. The van der Waals surface area contributed by atoms with E-state index < -0.39 is 66.8 Å². The first kappa shape index (κ1) is 30.5. The summed E-state index contributed by atoms with van der Waals surface area (Å²) < 4.78 is 45.9. The molecule has 0 unspecified atom stereocenters. The quantitative estimate of drug-likeness (QED) is 0.343. The smallest absolute Gasteiger partial charge is 0.259 e. The summed E-state index contributed by atoms with van der Waals surface area (Å²) in [5.74, 6) is -3.30. The maximum Gasteiger partial charge on any atom is 0.259 e. The molecule has 0 bridgehead atoms. The Kier molecular flexibility index (Phi) is 8.99. The lowest BCUT2D eigenvalue weighted by atomic mass is 9.85. The molecule has 3 N–H and O–H groups in total. The number of rotatable bonds is 8. The predicted octanol–water partition coefficient (Wildman–Crippen LogP) is 2.77. The van der Waals surface area contributed by atoms with Crippen LogP contribution in [0.5, 0.6) is 5.75 Å². The van der Waals surface area contributed by atoms with Crippen LogP contribution in [0.25, 0.3) is 11.3 Å². The number of benzene rings is 2. The van der Waals surface area contributed by atoms with Gasteiger partial charge in [-0.15, -0.1) is 5.10 Å². The van der Waals surface area contributed by atoms with E-state index in [1.54, 1.807) is 0 Å². The first-order chi connectivity index (χ1) is 20.1. The molecule has 1 aliphatic carbocycles. The molecule has 226 valence electrons. The summed E-state index contributed by atoms with van der Waals surface area (Å²) in [6.07, 6.45) is -3.76. The second-order valence-electron chi connectivity index (χ2n) is 10.1. The predicted molar refractivity (Wildman–Crippen MR) is 146 cm³/mol. The molecule has 0 radical (unpaired) electrons. The number of hydrogen-bond donors (Lipinski definition) is 3. The van der Waals surface area contributed by atoms with Gasteiger partial charge in [0, 0.05) is 28.4 Å². The number of amides is 1. The Morgan fingerprint density at radius 1 is 1.14 bits per heavy atom. The van der Waals surface area contributed by atoms with Crippen LogP contribution < -0.4 is 9.64 Å². The summed E-state index contributed by atoms with van der Waals surface area (Å²) in [5, 5.41) is 40.4. The maximum atomic E-state index is 14.2. The van der Waals surface area contributed by atoms with E-state index in [0.717, 1.165) is 6.07 Å². The van der Waals surface area contributed by atoms with E-state index in [1.807, 2.05) is 0 Å². The van der Waals surface area contributed by atoms with Gasteiger partial charge >= 0.3 is 0 Å². The number of carbonyl (C=O) groups excluding carboxylic acids is 1. The Morgan fingerprint density at radius 3 is 2.43 bits per heavy atom. The van der Waals surface area contributed by atoms with E-state index in [4.69, 9.17) is 37.4 Å². The molecule has 1 saturated carbocycles. The van der Waals surface area contributed by atoms with Gasteiger partial charge in [0.15, 0.2) is 17.7 Å². The average molecular weight is 629 g/mol. The lowest BCUT2D eigenvalue weighted by Gasteiger charge is -2.47. The van der Waals surface area contributed by atoms with Crippen molar-refractivity contribution in [3.8, 4) is 17.0 Å². The van der Waals surface area contributed by atoms with Gasteiger partial charge in [-0.3, -0.25) is 4.79 Å². The molecule has 15 heteroatoms. The van der Waals surface area contributed by atoms with Crippen LogP contribution in [-0.2, 0) is 14.3 Å². The molecule has 2 aromatic carbocycles. The van der Waals surface area contributed by atoms with E-state index in [2.05, 4.69) is 10.3 Å². The monoisotopic (exact) mass is 628 g/mol. The van der Waals surface area contributed by atoms with Crippen LogP contribution >= 0.6 is 23.2 Å². The van der Waals surface area contributed by atoms with E-state index in [-0.39, 0.29) is 27.1 Å². The molecule has 2 heterocycles. The molecule has 7 atom stereocenters. The number of nitrogens with zero attached hydrogens (tertiary/aromatic N) is 4. The Hall–Kier alpha value is -2.91. The van der Waals surface area contributed by atoms with Crippen LogP contribution in [0.1, 0.15) is 18.9 Å². The second-order valence-corrected chi connectivity index (χ2v) is 10.9. The highest BCUT2D eigenvalue weighted by molar-refractivity contribution is 6.35. The zero-order valence-electron chi connectivity index (χ0n) is 22.4. The second kappa shape index (κ2) is 12.4. The lowest BCUT2D eigenvalue weighted by molar-refractivity contribution is -0.211. The Morgan fingerprint density at radius 2 is 1.86 bits per heavy atom.